The predicted octanol–water partition coefficient (Wildman–Crippen LogP) is 2.67. The minimum Gasteiger partial charge on any atom is -0.479 e. The van der Waals surface area contributed by atoms with E-state index < -0.39 is 12.0 Å². The van der Waals surface area contributed by atoms with Crippen LogP contribution < -0.4 is 10.2 Å². The number of hydrogen-bond donors (Lipinski definition) is 2. The number of carbonyl (C=O) groups is 2. The van der Waals surface area contributed by atoms with E-state index in [1.165, 1.54) is 11.3 Å². The first kappa shape index (κ1) is 16.9. The molecule has 3 heterocycles. The molecule has 0 spiro atoms. The summed E-state index contributed by atoms with van der Waals surface area (Å²) in [6, 6.07) is 0.764. The van der Waals surface area contributed by atoms with Crippen molar-refractivity contribution in [1.29, 1.82) is 0 Å². The average molecular weight is 365 g/mol. The van der Waals surface area contributed by atoms with E-state index in [0.717, 1.165) is 23.9 Å². The van der Waals surface area contributed by atoms with Gasteiger partial charge in [-0.15, -0.1) is 11.3 Å². The van der Waals surface area contributed by atoms with Crippen molar-refractivity contribution in [1.82, 2.24) is 10.3 Å². The van der Waals surface area contributed by atoms with Crippen LogP contribution >= 0.6 is 22.7 Å². The van der Waals surface area contributed by atoms with Gasteiger partial charge in [-0.05, 0) is 42.2 Å². The van der Waals surface area contributed by atoms with Gasteiger partial charge in [0.05, 0.1) is 5.69 Å². The number of anilines is 1. The number of aliphatic carboxylic acids is 1. The Balaban J connectivity index is 1.57. The zero-order valence-corrected chi connectivity index (χ0v) is 14.9. The van der Waals surface area contributed by atoms with Crippen molar-refractivity contribution in [3.05, 3.63) is 33.5 Å². The molecule has 0 saturated carbocycles. The molecule has 2 N–H and O–H groups in total. The van der Waals surface area contributed by atoms with Crippen molar-refractivity contribution in [2.75, 3.05) is 18.0 Å². The highest BCUT2D eigenvalue weighted by Gasteiger charge is 2.30. The van der Waals surface area contributed by atoms with Crippen LogP contribution in [-0.2, 0) is 9.59 Å². The molecular weight excluding hydrogens is 346 g/mol. The fourth-order valence-corrected chi connectivity index (χ4v) is 4.35. The van der Waals surface area contributed by atoms with Gasteiger partial charge >= 0.3 is 5.97 Å². The Morgan fingerprint density at radius 3 is 2.67 bits per heavy atom. The van der Waals surface area contributed by atoms with E-state index in [2.05, 4.69) is 15.2 Å². The third-order valence-electron chi connectivity index (χ3n) is 4.15. The third kappa shape index (κ3) is 3.76. The second-order valence-electron chi connectivity index (χ2n) is 5.87. The normalized spacial score (nSPS) is 16.8. The van der Waals surface area contributed by atoms with E-state index in [0.29, 0.717) is 18.4 Å². The minimum atomic E-state index is -1.03. The van der Waals surface area contributed by atoms with Crippen LogP contribution in [0.3, 0.4) is 0 Å². The van der Waals surface area contributed by atoms with Gasteiger partial charge in [-0.2, -0.15) is 11.3 Å². The number of nitrogens with zero attached hydrogens (tertiary/aromatic N) is 2. The predicted molar refractivity (Wildman–Crippen MR) is 94.6 cm³/mol. The summed E-state index contributed by atoms with van der Waals surface area (Å²) in [5, 5.41) is 18.6. The largest absolute Gasteiger partial charge is 0.479 e. The van der Waals surface area contributed by atoms with E-state index in [4.69, 9.17) is 0 Å². The lowest BCUT2D eigenvalue weighted by Gasteiger charge is -2.31. The first-order valence-electron chi connectivity index (χ1n) is 7.77. The maximum Gasteiger partial charge on any atom is 0.330 e. The Labute approximate surface area is 148 Å². The summed E-state index contributed by atoms with van der Waals surface area (Å²) in [5.41, 5.74) is 1.63. The number of rotatable bonds is 5. The van der Waals surface area contributed by atoms with Gasteiger partial charge in [-0.1, -0.05) is 0 Å². The summed E-state index contributed by atoms with van der Waals surface area (Å²) in [6.45, 7) is 3.50. The van der Waals surface area contributed by atoms with Gasteiger partial charge in [-0.3, -0.25) is 4.79 Å². The summed E-state index contributed by atoms with van der Waals surface area (Å²) in [4.78, 5) is 30.5. The van der Waals surface area contributed by atoms with Crippen molar-refractivity contribution in [3.63, 3.8) is 0 Å². The van der Waals surface area contributed by atoms with Gasteiger partial charge in [-0.25, -0.2) is 9.78 Å². The number of aromatic nitrogens is 1. The number of thiophene rings is 1. The van der Waals surface area contributed by atoms with Crippen LogP contribution in [0.4, 0.5) is 5.13 Å². The number of carbonyl (C=O) groups excluding carboxylic acids is 1. The van der Waals surface area contributed by atoms with Gasteiger partial charge in [0.25, 0.3) is 0 Å². The molecule has 1 saturated heterocycles. The highest BCUT2D eigenvalue weighted by molar-refractivity contribution is 7.13. The zero-order valence-electron chi connectivity index (χ0n) is 13.3. The van der Waals surface area contributed by atoms with Crippen LogP contribution in [0.1, 0.15) is 30.1 Å². The molecule has 2 aromatic heterocycles. The van der Waals surface area contributed by atoms with Crippen LogP contribution in [0.15, 0.2) is 22.2 Å². The first-order chi connectivity index (χ1) is 11.5. The summed E-state index contributed by atoms with van der Waals surface area (Å²) in [6.07, 6.45) is 1.42. The van der Waals surface area contributed by atoms with Crippen LogP contribution in [0.25, 0.3) is 0 Å². The molecule has 1 atom stereocenters. The number of aryl methyl sites for hydroxylation is 1. The fraction of sp³-hybridized carbons (Fsp3) is 0.438. The van der Waals surface area contributed by atoms with E-state index >= 15 is 0 Å². The molecule has 6 nitrogen and oxygen atoms in total. The topological polar surface area (TPSA) is 82.5 Å². The number of thiazole rings is 1. The molecule has 8 heteroatoms. The zero-order chi connectivity index (χ0) is 17.1. The average Bonchev–Trinajstić information content (AvgIpc) is 3.24. The Kier molecular flexibility index (Phi) is 5.15. The highest BCUT2D eigenvalue weighted by Crippen LogP contribution is 2.27. The van der Waals surface area contributed by atoms with Gasteiger partial charge in [0.15, 0.2) is 11.2 Å². The van der Waals surface area contributed by atoms with E-state index in [9.17, 15) is 14.7 Å². The fourth-order valence-electron chi connectivity index (χ4n) is 2.81. The first-order valence-corrected chi connectivity index (χ1v) is 9.59. The molecule has 1 aliphatic rings. The lowest BCUT2D eigenvalue weighted by molar-refractivity contribution is -0.142. The second kappa shape index (κ2) is 7.31. The number of nitrogens with one attached hydrogen (secondary N) is 1. The van der Waals surface area contributed by atoms with Gasteiger partial charge in [0, 0.05) is 24.4 Å². The monoisotopic (exact) mass is 365 g/mol. The molecule has 1 aliphatic heterocycles. The maximum atomic E-state index is 12.5. The van der Waals surface area contributed by atoms with Crippen molar-refractivity contribution in [3.8, 4) is 0 Å². The number of hydrogen-bond acceptors (Lipinski definition) is 6. The Morgan fingerprint density at radius 2 is 2.12 bits per heavy atom. The smallest absolute Gasteiger partial charge is 0.330 e. The molecule has 0 bridgehead atoms. The van der Waals surface area contributed by atoms with E-state index in [1.54, 1.807) is 22.8 Å². The van der Waals surface area contributed by atoms with Crippen molar-refractivity contribution < 1.29 is 14.7 Å². The lowest BCUT2D eigenvalue weighted by Crippen LogP contribution is -2.43. The molecule has 1 unspecified atom stereocenters. The van der Waals surface area contributed by atoms with E-state index in [1.807, 2.05) is 17.7 Å². The molecule has 128 valence electrons. The number of piperidine rings is 1. The third-order valence-corrected chi connectivity index (χ3v) is 5.87. The minimum absolute atomic E-state index is 0.150. The Bertz CT molecular complexity index is 706. The standard InChI is InChI=1S/C16H19N3O3S2/c1-10-8-24-16(17-10)19-5-2-11(3-6-19)14(20)18-13(15(21)22)12-4-7-23-9-12/h4,7-9,11,13H,2-3,5-6H2,1H3,(H,18,20)(H,21,22). The summed E-state index contributed by atoms with van der Waals surface area (Å²) >= 11 is 3.04. The van der Waals surface area contributed by atoms with Crippen LogP contribution in [0.5, 0.6) is 0 Å². The summed E-state index contributed by atoms with van der Waals surface area (Å²) < 4.78 is 0. The van der Waals surface area contributed by atoms with Crippen LogP contribution in [0.2, 0.25) is 0 Å². The number of amides is 1. The van der Waals surface area contributed by atoms with Crippen molar-refractivity contribution in [2.24, 2.45) is 5.92 Å². The number of carboxylic acid groups (broad SMARTS) is 1. The highest BCUT2D eigenvalue weighted by atomic mass is 32.1. The molecule has 0 aromatic carbocycles. The molecule has 3 rings (SSSR count). The quantitative estimate of drug-likeness (QED) is 0.851. The molecule has 0 radical (unpaired) electrons. The van der Waals surface area contributed by atoms with Crippen molar-refractivity contribution >= 4 is 39.7 Å². The molecule has 1 fully saturated rings. The SMILES string of the molecule is Cc1csc(N2CCC(C(=O)NC(C(=O)O)c3ccsc3)CC2)n1. The number of carboxylic acids is 1. The van der Waals surface area contributed by atoms with Crippen LogP contribution in [-0.4, -0.2) is 35.1 Å². The molecule has 0 aliphatic carbocycles. The van der Waals surface area contributed by atoms with E-state index in [-0.39, 0.29) is 11.8 Å². The Morgan fingerprint density at radius 1 is 1.38 bits per heavy atom. The van der Waals surface area contributed by atoms with Crippen LogP contribution in [0, 0.1) is 12.8 Å². The van der Waals surface area contributed by atoms with Gasteiger partial charge < -0.3 is 15.3 Å². The summed E-state index contributed by atoms with van der Waals surface area (Å²) in [7, 11) is 0. The van der Waals surface area contributed by atoms with Crippen molar-refractivity contribution in [2.45, 2.75) is 25.8 Å². The molecule has 2 aromatic rings. The molecule has 1 amide bonds. The second-order valence-corrected chi connectivity index (χ2v) is 7.49. The maximum absolute atomic E-state index is 12.5. The molecule has 24 heavy (non-hydrogen) atoms. The van der Waals surface area contributed by atoms with Gasteiger partial charge in [0.1, 0.15) is 0 Å². The molecular formula is C16H19N3O3S2. The Hall–Kier alpha value is -1.93. The summed E-state index contributed by atoms with van der Waals surface area (Å²) in [5.74, 6) is -1.36. The van der Waals surface area contributed by atoms with Gasteiger partial charge in [0.2, 0.25) is 5.91 Å². The lowest BCUT2D eigenvalue weighted by atomic mass is 9.95.